The van der Waals surface area contributed by atoms with Crippen LogP contribution in [-0.4, -0.2) is 46.4 Å². The second-order valence-electron chi connectivity index (χ2n) is 4.42. The fraction of sp³-hybridized carbons (Fsp3) is 0.357. The number of methoxy groups -OCH3 is 1. The van der Waals surface area contributed by atoms with Gasteiger partial charge in [-0.1, -0.05) is 6.07 Å². The number of anilines is 1. The number of hydrogen-bond donors (Lipinski definition) is 2. The van der Waals surface area contributed by atoms with Crippen molar-refractivity contribution in [3.8, 4) is 11.5 Å². The van der Waals surface area contributed by atoms with Crippen molar-refractivity contribution in [2.24, 2.45) is 0 Å². The van der Waals surface area contributed by atoms with Crippen molar-refractivity contribution in [1.29, 1.82) is 0 Å². The highest BCUT2D eigenvalue weighted by atomic mass is 16.5. The Hall–Kier alpha value is -2.05. The highest BCUT2D eigenvalue weighted by Gasteiger charge is 2.07. The Bertz CT molecular complexity index is 548. The molecule has 1 unspecified atom stereocenters. The molecule has 2 aromatic heterocycles. The van der Waals surface area contributed by atoms with Gasteiger partial charge in [-0.05, 0) is 19.1 Å². The zero-order chi connectivity index (χ0) is 14.4. The summed E-state index contributed by atoms with van der Waals surface area (Å²) >= 11 is 0. The molecule has 2 aromatic rings. The third kappa shape index (κ3) is 3.97. The summed E-state index contributed by atoms with van der Waals surface area (Å²) in [5.74, 6) is 1.22. The Morgan fingerprint density at radius 1 is 1.35 bits per heavy atom. The number of aromatic nitrogens is 3. The monoisotopic (exact) mass is 274 g/mol. The molecule has 0 aromatic carbocycles. The Kier molecular flexibility index (Phi) is 4.97. The molecule has 0 aliphatic rings. The Labute approximate surface area is 117 Å². The lowest BCUT2D eigenvalue weighted by Crippen LogP contribution is -2.24. The van der Waals surface area contributed by atoms with Gasteiger partial charge in [0.05, 0.1) is 12.7 Å². The summed E-state index contributed by atoms with van der Waals surface area (Å²) in [7, 11) is 1.55. The van der Waals surface area contributed by atoms with E-state index in [1.165, 1.54) is 0 Å². The first-order chi connectivity index (χ1) is 9.69. The predicted octanol–water partition coefficient (Wildman–Crippen LogP) is 1.27. The Morgan fingerprint density at radius 3 is 2.90 bits per heavy atom. The van der Waals surface area contributed by atoms with Gasteiger partial charge in [-0.3, -0.25) is 4.98 Å². The molecule has 1 atom stereocenters. The van der Waals surface area contributed by atoms with Crippen LogP contribution in [0.15, 0.2) is 30.5 Å². The molecule has 0 saturated heterocycles. The van der Waals surface area contributed by atoms with Crippen LogP contribution in [0.25, 0.3) is 11.5 Å². The largest absolute Gasteiger partial charge is 0.389 e. The maximum atomic E-state index is 9.62. The number of hydrogen-bond acceptors (Lipinski definition) is 6. The number of pyridine rings is 1. The van der Waals surface area contributed by atoms with Gasteiger partial charge in [-0.2, -0.15) is 0 Å². The summed E-state index contributed by atoms with van der Waals surface area (Å²) in [6.07, 6.45) is 1.13. The molecule has 6 nitrogen and oxygen atoms in total. The molecule has 0 bridgehead atoms. The van der Waals surface area contributed by atoms with Crippen molar-refractivity contribution < 1.29 is 9.84 Å². The van der Waals surface area contributed by atoms with E-state index in [0.717, 1.165) is 11.4 Å². The quantitative estimate of drug-likeness (QED) is 0.825. The highest BCUT2D eigenvalue weighted by molar-refractivity contribution is 5.52. The number of aryl methyl sites for hydroxylation is 1. The standard InChI is InChI=1S/C14H18N4O2/c1-10-7-13(16-8-11(19)9-20-2)18-14(17-10)12-5-3-4-6-15-12/h3-7,11,19H,8-9H2,1-2H3,(H,16,17,18). The number of ether oxygens (including phenoxy) is 1. The topological polar surface area (TPSA) is 80.2 Å². The fourth-order valence-corrected chi connectivity index (χ4v) is 1.74. The van der Waals surface area contributed by atoms with Crippen molar-refractivity contribution in [3.63, 3.8) is 0 Å². The second-order valence-corrected chi connectivity index (χ2v) is 4.42. The lowest BCUT2D eigenvalue weighted by atomic mass is 10.3. The molecule has 2 N–H and O–H groups in total. The van der Waals surface area contributed by atoms with Crippen LogP contribution in [0.2, 0.25) is 0 Å². The first-order valence-electron chi connectivity index (χ1n) is 6.37. The normalized spacial score (nSPS) is 12.2. The molecule has 0 saturated carbocycles. The van der Waals surface area contributed by atoms with Crippen LogP contribution in [-0.2, 0) is 4.74 Å². The molecular formula is C14H18N4O2. The van der Waals surface area contributed by atoms with E-state index in [1.807, 2.05) is 31.2 Å². The Morgan fingerprint density at radius 2 is 2.20 bits per heavy atom. The minimum Gasteiger partial charge on any atom is -0.389 e. The molecule has 0 amide bonds. The number of aliphatic hydroxyl groups is 1. The molecule has 0 radical (unpaired) electrons. The molecule has 0 fully saturated rings. The fourth-order valence-electron chi connectivity index (χ4n) is 1.74. The summed E-state index contributed by atoms with van der Waals surface area (Å²) in [6, 6.07) is 7.42. The molecule has 0 aliphatic heterocycles. The summed E-state index contributed by atoms with van der Waals surface area (Å²) < 4.78 is 4.88. The van der Waals surface area contributed by atoms with Gasteiger partial charge in [0.2, 0.25) is 0 Å². The van der Waals surface area contributed by atoms with Crippen LogP contribution in [0.4, 0.5) is 5.82 Å². The first kappa shape index (κ1) is 14.4. The first-order valence-corrected chi connectivity index (χ1v) is 6.37. The maximum absolute atomic E-state index is 9.62. The van der Waals surface area contributed by atoms with Gasteiger partial charge < -0.3 is 15.2 Å². The molecule has 2 heterocycles. The zero-order valence-electron chi connectivity index (χ0n) is 11.6. The minimum atomic E-state index is -0.575. The van der Waals surface area contributed by atoms with Crippen molar-refractivity contribution in [3.05, 3.63) is 36.2 Å². The van der Waals surface area contributed by atoms with Crippen LogP contribution in [0.1, 0.15) is 5.69 Å². The SMILES string of the molecule is COCC(O)CNc1cc(C)nc(-c2ccccn2)n1. The van der Waals surface area contributed by atoms with Crippen LogP contribution in [0.3, 0.4) is 0 Å². The van der Waals surface area contributed by atoms with Crippen molar-refractivity contribution in [2.45, 2.75) is 13.0 Å². The lowest BCUT2D eigenvalue weighted by Gasteiger charge is -2.12. The van der Waals surface area contributed by atoms with E-state index in [0.29, 0.717) is 18.2 Å². The van der Waals surface area contributed by atoms with E-state index in [1.54, 1.807) is 13.3 Å². The molecule has 106 valence electrons. The van der Waals surface area contributed by atoms with Gasteiger partial charge in [0.1, 0.15) is 11.5 Å². The Balaban J connectivity index is 2.13. The van der Waals surface area contributed by atoms with E-state index < -0.39 is 6.10 Å². The van der Waals surface area contributed by atoms with Crippen molar-refractivity contribution in [2.75, 3.05) is 25.6 Å². The number of nitrogens with one attached hydrogen (secondary N) is 1. The van der Waals surface area contributed by atoms with Crippen LogP contribution in [0, 0.1) is 6.92 Å². The van der Waals surface area contributed by atoms with E-state index >= 15 is 0 Å². The molecule has 2 rings (SSSR count). The average Bonchev–Trinajstić information content (AvgIpc) is 2.46. The van der Waals surface area contributed by atoms with Crippen LogP contribution >= 0.6 is 0 Å². The van der Waals surface area contributed by atoms with Gasteiger partial charge in [-0.15, -0.1) is 0 Å². The van der Waals surface area contributed by atoms with Gasteiger partial charge in [0, 0.05) is 31.6 Å². The van der Waals surface area contributed by atoms with E-state index in [4.69, 9.17) is 4.74 Å². The van der Waals surface area contributed by atoms with E-state index in [9.17, 15) is 5.11 Å². The minimum absolute atomic E-state index is 0.282. The zero-order valence-corrected chi connectivity index (χ0v) is 11.6. The maximum Gasteiger partial charge on any atom is 0.180 e. The average molecular weight is 274 g/mol. The van der Waals surface area contributed by atoms with Crippen molar-refractivity contribution in [1.82, 2.24) is 15.0 Å². The predicted molar refractivity (Wildman–Crippen MR) is 76.4 cm³/mol. The number of aliphatic hydroxyl groups excluding tert-OH is 1. The molecule has 6 heteroatoms. The number of rotatable bonds is 6. The van der Waals surface area contributed by atoms with Crippen LogP contribution in [0.5, 0.6) is 0 Å². The molecule has 0 spiro atoms. The van der Waals surface area contributed by atoms with Gasteiger partial charge >= 0.3 is 0 Å². The van der Waals surface area contributed by atoms with Gasteiger partial charge in [-0.25, -0.2) is 9.97 Å². The lowest BCUT2D eigenvalue weighted by molar-refractivity contribution is 0.0727. The number of nitrogens with zero attached hydrogens (tertiary/aromatic N) is 3. The summed E-state index contributed by atoms with van der Waals surface area (Å²) in [5.41, 5.74) is 1.56. The molecule has 20 heavy (non-hydrogen) atoms. The van der Waals surface area contributed by atoms with Gasteiger partial charge in [0.15, 0.2) is 5.82 Å². The van der Waals surface area contributed by atoms with Gasteiger partial charge in [0.25, 0.3) is 0 Å². The van der Waals surface area contributed by atoms with Crippen molar-refractivity contribution >= 4 is 5.82 Å². The van der Waals surface area contributed by atoms with Crippen LogP contribution < -0.4 is 5.32 Å². The molecule has 0 aliphatic carbocycles. The molecular weight excluding hydrogens is 256 g/mol. The third-order valence-corrected chi connectivity index (χ3v) is 2.63. The van der Waals surface area contributed by atoms with E-state index in [-0.39, 0.29) is 6.61 Å². The summed E-state index contributed by atoms with van der Waals surface area (Å²) in [6.45, 7) is 2.54. The summed E-state index contributed by atoms with van der Waals surface area (Å²) in [4.78, 5) is 13.0. The smallest absolute Gasteiger partial charge is 0.180 e. The third-order valence-electron chi connectivity index (χ3n) is 2.63. The van der Waals surface area contributed by atoms with E-state index in [2.05, 4.69) is 20.3 Å². The second kappa shape index (κ2) is 6.93. The summed E-state index contributed by atoms with van der Waals surface area (Å²) in [5, 5.41) is 12.7. The highest BCUT2D eigenvalue weighted by Crippen LogP contribution is 2.15.